The Labute approximate surface area is 122 Å². The van der Waals surface area contributed by atoms with Crippen LogP contribution in [0.25, 0.3) is 5.82 Å². The van der Waals surface area contributed by atoms with Crippen LogP contribution >= 0.6 is 0 Å². The Morgan fingerprint density at radius 3 is 2.67 bits per heavy atom. The van der Waals surface area contributed by atoms with Gasteiger partial charge in [0, 0.05) is 31.5 Å². The highest BCUT2D eigenvalue weighted by atomic mass is 16.3. The van der Waals surface area contributed by atoms with Gasteiger partial charge in [0.1, 0.15) is 12.1 Å². The summed E-state index contributed by atoms with van der Waals surface area (Å²) in [6.07, 6.45) is 6.18. The molecule has 1 aliphatic heterocycles. The van der Waals surface area contributed by atoms with Crippen LogP contribution in [0.2, 0.25) is 0 Å². The van der Waals surface area contributed by atoms with Gasteiger partial charge in [-0.2, -0.15) is 5.10 Å². The summed E-state index contributed by atoms with van der Waals surface area (Å²) in [5, 5.41) is 22.9. The number of nitrogens with zero attached hydrogens (tertiary/aromatic N) is 5. The summed E-state index contributed by atoms with van der Waals surface area (Å²) in [5.41, 5.74) is 0. The number of piperidine rings is 1. The molecule has 1 fully saturated rings. The molecule has 0 radical (unpaired) electrons. The van der Waals surface area contributed by atoms with Gasteiger partial charge in [0.25, 0.3) is 0 Å². The summed E-state index contributed by atoms with van der Waals surface area (Å²) in [4.78, 5) is 10.7. The first kappa shape index (κ1) is 14.0. The molecule has 0 saturated carbocycles. The van der Waals surface area contributed by atoms with Crippen LogP contribution in [0.1, 0.15) is 12.8 Å². The number of hydrogen-bond acceptors (Lipinski definition) is 6. The number of aliphatic hydroxyl groups excluding tert-OH is 2. The second-order valence-electron chi connectivity index (χ2n) is 5.26. The lowest BCUT2D eigenvalue weighted by molar-refractivity contribution is 0.0376. The van der Waals surface area contributed by atoms with E-state index in [2.05, 4.69) is 20.0 Å². The van der Waals surface area contributed by atoms with E-state index in [4.69, 9.17) is 5.11 Å². The summed E-state index contributed by atoms with van der Waals surface area (Å²) in [6, 6.07) is 3.76. The van der Waals surface area contributed by atoms with Gasteiger partial charge in [-0.1, -0.05) is 0 Å². The predicted octanol–water partition coefficient (Wildman–Crippen LogP) is 0.232. The predicted molar refractivity (Wildman–Crippen MR) is 77.2 cm³/mol. The molecule has 3 rings (SSSR count). The highest BCUT2D eigenvalue weighted by molar-refractivity contribution is 5.43. The molecule has 2 aromatic heterocycles. The molecule has 0 bridgehead atoms. The van der Waals surface area contributed by atoms with Gasteiger partial charge in [-0.05, 0) is 24.8 Å². The van der Waals surface area contributed by atoms with Gasteiger partial charge in [0.15, 0.2) is 5.82 Å². The van der Waals surface area contributed by atoms with Crippen LogP contribution in [0.4, 0.5) is 5.82 Å². The summed E-state index contributed by atoms with van der Waals surface area (Å²) < 4.78 is 1.70. The summed E-state index contributed by atoms with van der Waals surface area (Å²) in [6.45, 7) is 1.47. The largest absolute Gasteiger partial charge is 0.394 e. The maximum atomic E-state index is 9.70. The van der Waals surface area contributed by atoms with Gasteiger partial charge in [0.05, 0.1) is 12.7 Å². The normalized spacial score (nSPS) is 17.9. The summed E-state index contributed by atoms with van der Waals surface area (Å²) in [7, 11) is 0. The second kappa shape index (κ2) is 6.19. The SMILES string of the molecule is OCC(O)C1CCN(c2cc(-n3cccn3)ncn2)CC1. The van der Waals surface area contributed by atoms with Crippen LogP contribution in [-0.2, 0) is 0 Å². The van der Waals surface area contributed by atoms with Crippen LogP contribution < -0.4 is 4.90 Å². The van der Waals surface area contributed by atoms with Gasteiger partial charge < -0.3 is 15.1 Å². The van der Waals surface area contributed by atoms with Crippen molar-refractivity contribution in [1.82, 2.24) is 19.7 Å². The third kappa shape index (κ3) is 3.03. The molecular weight excluding hydrogens is 270 g/mol. The Bertz CT molecular complexity index is 567. The van der Waals surface area contributed by atoms with Gasteiger partial charge in [-0.15, -0.1) is 0 Å². The van der Waals surface area contributed by atoms with Crippen LogP contribution in [0, 0.1) is 5.92 Å². The molecule has 0 aliphatic carbocycles. The minimum atomic E-state index is -0.614. The van der Waals surface area contributed by atoms with Crippen molar-refractivity contribution in [3.8, 4) is 5.82 Å². The standard InChI is InChI=1S/C14H19N5O2/c20-9-12(21)11-2-6-18(7-3-11)13-8-14(16-10-15-13)19-5-1-4-17-19/h1,4-5,8,10-12,20-21H,2-3,6-7,9H2. The second-order valence-corrected chi connectivity index (χ2v) is 5.26. The molecule has 1 saturated heterocycles. The third-order valence-corrected chi connectivity index (χ3v) is 3.97. The molecule has 7 heteroatoms. The van der Waals surface area contributed by atoms with Crippen molar-refractivity contribution in [2.45, 2.75) is 18.9 Å². The summed E-state index contributed by atoms with van der Waals surface area (Å²) in [5.74, 6) is 1.77. The van der Waals surface area contributed by atoms with Crippen molar-refractivity contribution in [3.05, 3.63) is 30.9 Å². The first-order valence-corrected chi connectivity index (χ1v) is 7.14. The molecule has 1 aliphatic rings. The fraction of sp³-hybridized carbons (Fsp3) is 0.500. The van der Waals surface area contributed by atoms with E-state index in [1.807, 2.05) is 18.3 Å². The number of hydrogen-bond donors (Lipinski definition) is 2. The molecule has 2 N–H and O–H groups in total. The Balaban J connectivity index is 1.70. The van der Waals surface area contributed by atoms with Crippen molar-refractivity contribution >= 4 is 5.82 Å². The molecule has 112 valence electrons. The lowest BCUT2D eigenvalue weighted by Crippen LogP contribution is -2.39. The molecule has 1 unspecified atom stereocenters. The van der Waals surface area contributed by atoms with Gasteiger partial charge in [-0.3, -0.25) is 0 Å². The van der Waals surface area contributed by atoms with E-state index in [9.17, 15) is 5.11 Å². The zero-order valence-corrected chi connectivity index (χ0v) is 11.7. The molecule has 7 nitrogen and oxygen atoms in total. The zero-order chi connectivity index (χ0) is 14.7. The molecule has 0 spiro atoms. The van der Waals surface area contributed by atoms with Crippen molar-refractivity contribution in [3.63, 3.8) is 0 Å². The average molecular weight is 289 g/mol. The fourth-order valence-electron chi connectivity index (χ4n) is 2.70. The highest BCUT2D eigenvalue weighted by Gasteiger charge is 2.25. The molecule has 1 atom stereocenters. The zero-order valence-electron chi connectivity index (χ0n) is 11.7. The van der Waals surface area contributed by atoms with Crippen LogP contribution in [0.3, 0.4) is 0 Å². The lowest BCUT2D eigenvalue weighted by Gasteiger charge is -2.34. The Kier molecular flexibility index (Phi) is 4.12. The maximum absolute atomic E-state index is 9.70. The lowest BCUT2D eigenvalue weighted by atomic mass is 9.91. The molecule has 0 amide bonds. The van der Waals surface area contributed by atoms with Gasteiger partial charge >= 0.3 is 0 Å². The van der Waals surface area contributed by atoms with Crippen LogP contribution in [0.5, 0.6) is 0 Å². The number of aliphatic hydroxyl groups is 2. The summed E-state index contributed by atoms with van der Waals surface area (Å²) >= 11 is 0. The molecule has 3 heterocycles. The van der Waals surface area contributed by atoms with Crippen LogP contribution in [-0.4, -0.2) is 55.8 Å². The van der Waals surface area contributed by atoms with E-state index in [-0.39, 0.29) is 12.5 Å². The van der Waals surface area contributed by atoms with E-state index in [1.54, 1.807) is 17.2 Å². The Morgan fingerprint density at radius 1 is 1.24 bits per heavy atom. The van der Waals surface area contributed by atoms with E-state index >= 15 is 0 Å². The van der Waals surface area contributed by atoms with Crippen molar-refractivity contribution in [2.75, 3.05) is 24.6 Å². The minimum absolute atomic E-state index is 0.165. The molecular formula is C14H19N5O2. The number of anilines is 1. The Hall–Kier alpha value is -1.99. The van der Waals surface area contributed by atoms with Gasteiger partial charge in [-0.25, -0.2) is 14.6 Å². The number of rotatable bonds is 4. The van der Waals surface area contributed by atoms with Gasteiger partial charge in [0.2, 0.25) is 0 Å². The first-order valence-electron chi connectivity index (χ1n) is 7.14. The van der Waals surface area contributed by atoms with Crippen molar-refractivity contribution < 1.29 is 10.2 Å². The fourth-order valence-corrected chi connectivity index (χ4v) is 2.70. The first-order chi connectivity index (χ1) is 10.3. The molecule has 2 aromatic rings. The Morgan fingerprint density at radius 2 is 2.00 bits per heavy atom. The monoisotopic (exact) mass is 289 g/mol. The minimum Gasteiger partial charge on any atom is -0.394 e. The topological polar surface area (TPSA) is 87.3 Å². The van der Waals surface area contributed by atoms with E-state index in [0.29, 0.717) is 0 Å². The smallest absolute Gasteiger partial charge is 0.158 e. The van der Waals surface area contributed by atoms with E-state index in [0.717, 1.165) is 37.6 Å². The quantitative estimate of drug-likeness (QED) is 0.838. The van der Waals surface area contributed by atoms with Crippen LogP contribution in [0.15, 0.2) is 30.9 Å². The molecule has 0 aromatic carbocycles. The average Bonchev–Trinajstić information content (AvgIpc) is 3.09. The third-order valence-electron chi connectivity index (χ3n) is 3.97. The number of aromatic nitrogens is 4. The van der Waals surface area contributed by atoms with E-state index < -0.39 is 6.10 Å². The van der Waals surface area contributed by atoms with Crippen molar-refractivity contribution in [2.24, 2.45) is 5.92 Å². The molecule has 21 heavy (non-hydrogen) atoms. The van der Waals surface area contributed by atoms with Crippen molar-refractivity contribution in [1.29, 1.82) is 0 Å². The maximum Gasteiger partial charge on any atom is 0.158 e. The highest BCUT2D eigenvalue weighted by Crippen LogP contribution is 2.24. The van der Waals surface area contributed by atoms with E-state index in [1.165, 1.54) is 0 Å².